The standard InChI is InChI=1S/C25H27ClFN5O2/c1-34-23-15-21-18(25(29-16-28-21)30-17-8-9-20(27)19(26)13-17)14-22(23)31-24(33)7-3-6-12-32-10-4-2-5-11-32/h3,7-9,13-16H,2,4-6,10-12H2,1H3,(H,31,33)(H,28,29,30). The normalized spacial score (nSPS) is 14.4. The quantitative estimate of drug-likeness (QED) is 0.409. The zero-order chi connectivity index (χ0) is 23.9. The number of fused-ring (bicyclic) bond motifs is 1. The molecular weight excluding hydrogens is 457 g/mol. The second-order valence-corrected chi connectivity index (χ2v) is 8.54. The monoisotopic (exact) mass is 483 g/mol. The fourth-order valence-corrected chi connectivity index (χ4v) is 4.15. The van der Waals surface area contributed by atoms with Gasteiger partial charge in [-0.2, -0.15) is 0 Å². The van der Waals surface area contributed by atoms with Crippen molar-refractivity contribution < 1.29 is 13.9 Å². The van der Waals surface area contributed by atoms with Crippen molar-refractivity contribution in [2.24, 2.45) is 0 Å². The third-order valence-corrected chi connectivity index (χ3v) is 6.02. The van der Waals surface area contributed by atoms with Crippen LogP contribution in [0.4, 0.5) is 21.6 Å². The summed E-state index contributed by atoms with van der Waals surface area (Å²) in [7, 11) is 1.53. The number of hydrogen-bond donors (Lipinski definition) is 2. The number of nitrogens with zero attached hydrogens (tertiary/aromatic N) is 3. The fraction of sp³-hybridized carbons (Fsp3) is 0.320. The van der Waals surface area contributed by atoms with Crippen LogP contribution in [0.1, 0.15) is 25.7 Å². The van der Waals surface area contributed by atoms with Gasteiger partial charge < -0.3 is 20.3 Å². The van der Waals surface area contributed by atoms with Crippen LogP contribution in [0.5, 0.6) is 5.75 Å². The summed E-state index contributed by atoms with van der Waals surface area (Å²) in [5, 5.41) is 6.68. The van der Waals surface area contributed by atoms with E-state index in [0.717, 1.165) is 26.1 Å². The van der Waals surface area contributed by atoms with E-state index < -0.39 is 5.82 Å². The summed E-state index contributed by atoms with van der Waals surface area (Å²) in [6, 6.07) is 7.80. The number of halogens is 2. The highest BCUT2D eigenvalue weighted by atomic mass is 35.5. The second kappa shape index (κ2) is 11.3. The van der Waals surface area contributed by atoms with E-state index in [2.05, 4.69) is 25.5 Å². The zero-order valence-corrected chi connectivity index (χ0v) is 19.7. The van der Waals surface area contributed by atoms with E-state index in [1.807, 2.05) is 6.08 Å². The Bertz CT molecular complexity index is 1200. The van der Waals surface area contributed by atoms with Gasteiger partial charge in [0.15, 0.2) is 0 Å². The Labute approximate surface area is 203 Å². The number of nitrogens with one attached hydrogen (secondary N) is 2. The van der Waals surface area contributed by atoms with Gasteiger partial charge in [-0.05, 0) is 62.7 Å². The van der Waals surface area contributed by atoms with Gasteiger partial charge in [-0.3, -0.25) is 4.79 Å². The maximum absolute atomic E-state index is 13.5. The molecule has 1 aromatic heterocycles. The van der Waals surface area contributed by atoms with E-state index in [4.69, 9.17) is 16.3 Å². The highest BCUT2D eigenvalue weighted by Crippen LogP contribution is 2.33. The Hall–Kier alpha value is -3.23. The van der Waals surface area contributed by atoms with E-state index in [9.17, 15) is 9.18 Å². The predicted octanol–water partition coefficient (Wildman–Crippen LogP) is 5.55. The maximum Gasteiger partial charge on any atom is 0.248 e. The van der Waals surface area contributed by atoms with E-state index >= 15 is 0 Å². The Kier molecular flexibility index (Phi) is 7.92. The summed E-state index contributed by atoms with van der Waals surface area (Å²) in [5.74, 6) is 0.228. The molecule has 2 heterocycles. The molecule has 0 spiro atoms. The lowest BCUT2D eigenvalue weighted by atomic mass is 10.1. The minimum absolute atomic E-state index is 0.00468. The number of carbonyl (C=O) groups is 1. The third-order valence-electron chi connectivity index (χ3n) is 5.73. The van der Waals surface area contributed by atoms with Crippen molar-refractivity contribution in [3.63, 3.8) is 0 Å². The molecule has 0 atom stereocenters. The molecular formula is C25H27ClFN5O2. The predicted molar refractivity (Wildman–Crippen MR) is 133 cm³/mol. The first-order valence-corrected chi connectivity index (χ1v) is 11.7. The summed E-state index contributed by atoms with van der Waals surface area (Å²) in [4.78, 5) is 23.6. The van der Waals surface area contributed by atoms with Gasteiger partial charge in [0.05, 0.1) is 23.3 Å². The number of benzene rings is 2. The van der Waals surface area contributed by atoms with Crippen molar-refractivity contribution in [3.8, 4) is 5.75 Å². The number of methoxy groups -OCH3 is 1. The summed E-state index contributed by atoms with van der Waals surface area (Å²) in [5.41, 5.74) is 1.69. The first-order valence-electron chi connectivity index (χ1n) is 11.3. The van der Waals surface area contributed by atoms with Gasteiger partial charge in [-0.25, -0.2) is 14.4 Å². The Morgan fingerprint density at radius 3 is 2.79 bits per heavy atom. The number of ether oxygens (including phenoxy) is 1. The lowest BCUT2D eigenvalue weighted by molar-refractivity contribution is -0.111. The van der Waals surface area contributed by atoms with Crippen LogP contribution in [0.25, 0.3) is 10.9 Å². The molecule has 3 aromatic rings. The van der Waals surface area contributed by atoms with E-state index in [1.165, 1.54) is 44.8 Å². The van der Waals surface area contributed by atoms with Crippen molar-refractivity contribution in [3.05, 3.63) is 59.7 Å². The molecule has 1 aliphatic rings. The Balaban J connectivity index is 1.49. The molecule has 0 saturated carbocycles. The number of hydrogen-bond acceptors (Lipinski definition) is 6. The summed E-state index contributed by atoms with van der Waals surface area (Å²) >= 11 is 5.90. The number of rotatable bonds is 8. The summed E-state index contributed by atoms with van der Waals surface area (Å²) in [6.07, 6.45) is 9.49. The van der Waals surface area contributed by atoms with Crippen molar-refractivity contribution in [1.29, 1.82) is 0 Å². The van der Waals surface area contributed by atoms with E-state index in [0.29, 0.717) is 33.8 Å². The number of aromatic nitrogens is 2. The highest BCUT2D eigenvalue weighted by Gasteiger charge is 2.13. The van der Waals surface area contributed by atoms with E-state index in [-0.39, 0.29) is 10.9 Å². The second-order valence-electron chi connectivity index (χ2n) is 8.13. The van der Waals surface area contributed by atoms with Crippen molar-refractivity contribution in [2.75, 3.05) is 37.4 Å². The van der Waals surface area contributed by atoms with Gasteiger partial charge in [0.1, 0.15) is 23.7 Å². The van der Waals surface area contributed by atoms with Crippen LogP contribution in [0.2, 0.25) is 5.02 Å². The average molecular weight is 484 g/mol. The van der Waals surface area contributed by atoms with Gasteiger partial charge in [0.2, 0.25) is 5.91 Å². The van der Waals surface area contributed by atoms with Gasteiger partial charge in [0, 0.05) is 23.7 Å². The first-order chi connectivity index (χ1) is 16.5. The van der Waals surface area contributed by atoms with Crippen LogP contribution >= 0.6 is 11.6 Å². The van der Waals surface area contributed by atoms with Crippen molar-refractivity contribution >= 4 is 45.6 Å². The van der Waals surface area contributed by atoms with Crippen LogP contribution in [0.15, 0.2) is 48.8 Å². The van der Waals surface area contributed by atoms with Gasteiger partial charge in [-0.1, -0.05) is 24.1 Å². The topological polar surface area (TPSA) is 79.4 Å². The molecule has 1 aliphatic heterocycles. The number of likely N-dealkylation sites (tertiary alicyclic amines) is 1. The first kappa shape index (κ1) is 23.9. The zero-order valence-electron chi connectivity index (χ0n) is 19.0. The van der Waals surface area contributed by atoms with Gasteiger partial charge in [-0.15, -0.1) is 0 Å². The molecule has 2 N–H and O–H groups in total. The number of carbonyl (C=O) groups excluding carboxylic acids is 1. The number of anilines is 3. The minimum Gasteiger partial charge on any atom is -0.494 e. The van der Waals surface area contributed by atoms with Crippen LogP contribution in [0.3, 0.4) is 0 Å². The highest BCUT2D eigenvalue weighted by molar-refractivity contribution is 6.31. The van der Waals surface area contributed by atoms with Crippen LogP contribution < -0.4 is 15.4 Å². The molecule has 34 heavy (non-hydrogen) atoms. The Morgan fingerprint density at radius 2 is 2.03 bits per heavy atom. The van der Waals surface area contributed by atoms with Crippen molar-refractivity contribution in [2.45, 2.75) is 25.7 Å². The van der Waals surface area contributed by atoms with Crippen LogP contribution in [-0.2, 0) is 4.79 Å². The molecule has 1 fully saturated rings. The molecule has 1 amide bonds. The Morgan fingerprint density at radius 1 is 1.21 bits per heavy atom. The lowest BCUT2D eigenvalue weighted by Gasteiger charge is -2.25. The molecule has 2 aromatic carbocycles. The molecule has 0 radical (unpaired) electrons. The van der Waals surface area contributed by atoms with Crippen LogP contribution in [0, 0.1) is 5.82 Å². The number of piperidine rings is 1. The molecule has 0 bridgehead atoms. The molecule has 0 aliphatic carbocycles. The molecule has 178 valence electrons. The van der Waals surface area contributed by atoms with Gasteiger partial charge in [0.25, 0.3) is 0 Å². The molecule has 1 saturated heterocycles. The maximum atomic E-state index is 13.5. The number of amides is 1. The van der Waals surface area contributed by atoms with Crippen LogP contribution in [-0.4, -0.2) is 47.5 Å². The van der Waals surface area contributed by atoms with Gasteiger partial charge >= 0.3 is 0 Å². The minimum atomic E-state index is -0.501. The summed E-state index contributed by atoms with van der Waals surface area (Å²) in [6.45, 7) is 3.23. The molecule has 9 heteroatoms. The largest absolute Gasteiger partial charge is 0.494 e. The third kappa shape index (κ3) is 6.01. The summed E-state index contributed by atoms with van der Waals surface area (Å²) < 4.78 is 19.0. The SMILES string of the molecule is COc1cc2ncnc(Nc3ccc(F)c(Cl)c3)c2cc1NC(=O)C=CCCN1CCCCC1. The van der Waals surface area contributed by atoms with E-state index in [1.54, 1.807) is 24.3 Å². The molecule has 4 rings (SSSR count). The van der Waals surface area contributed by atoms with Crippen molar-refractivity contribution in [1.82, 2.24) is 14.9 Å². The molecule has 7 nitrogen and oxygen atoms in total. The average Bonchev–Trinajstić information content (AvgIpc) is 2.85. The fourth-order valence-electron chi connectivity index (χ4n) is 3.97. The molecule has 0 unspecified atom stereocenters. The lowest BCUT2D eigenvalue weighted by Crippen LogP contribution is -2.30. The smallest absolute Gasteiger partial charge is 0.248 e.